The predicted octanol–water partition coefficient (Wildman–Crippen LogP) is 0.949. The Bertz CT molecular complexity index is 624. The summed E-state index contributed by atoms with van der Waals surface area (Å²) in [4.78, 5) is 4.45. The minimum atomic E-state index is -0.321. The van der Waals surface area contributed by atoms with Crippen LogP contribution in [-0.2, 0) is 22.6 Å². The predicted molar refractivity (Wildman–Crippen MR) is 75.5 cm³/mol. The summed E-state index contributed by atoms with van der Waals surface area (Å²) < 4.78 is 15.1. The number of aryl methyl sites for hydroxylation is 2. The van der Waals surface area contributed by atoms with Crippen LogP contribution in [0.2, 0.25) is 0 Å². The van der Waals surface area contributed by atoms with Gasteiger partial charge in [0.05, 0.1) is 18.8 Å². The van der Waals surface area contributed by atoms with Crippen LogP contribution in [0.25, 0.3) is 11.2 Å². The van der Waals surface area contributed by atoms with Gasteiger partial charge in [0.1, 0.15) is 11.1 Å². The maximum Gasteiger partial charge on any atom is 0.202 e. The largest absolute Gasteiger partial charge is 0.378 e. The molecule has 1 atom stereocenters. The van der Waals surface area contributed by atoms with E-state index in [0.717, 1.165) is 36.4 Å². The quantitative estimate of drug-likeness (QED) is 0.901. The van der Waals surface area contributed by atoms with Gasteiger partial charge in [0.2, 0.25) is 5.95 Å². The molecule has 0 radical (unpaired) electrons. The zero-order valence-electron chi connectivity index (χ0n) is 12.2. The van der Waals surface area contributed by atoms with E-state index in [-0.39, 0.29) is 5.60 Å². The topological polar surface area (TPSA) is 80.1 Å². The van der Waals surface area contributed by atoms with E-state index < -0.39 is 0 Å². The van der Waals surface area contributed by atoms with E-state index in [2.05, 4.69) is 17.0 Å². The Balaban J connectivity index is 2.08. The van der Waals surface area contributed by atoms with Gasteiger partial charge in [0.15, 0.2) is 5.65 Å². The van der Waals surface area contributed by atoms with E-state index >= 15 is 0 Å². The van der Waals surface area contributed by atoms with Gasteiger partial charge in [-0.15, -0.1) is 0 Å². The standard InChI is InChI=1S/C13H21N5O2/c1-4-18-11-10(9(2)16-18)15-12(14)17(11)7-13(19-3)5-6-20-8-13/h4-8H2,1-3H3,(H2,14,15). The first-order chi connectivity index (χ1) is 9.60. The monoisotopic (exact) mass is 279 g/mol. The number of imidazole rings is 1. The molecule has 0 aliphatic carbocycles. The molecule has 1 aliphatic heterocycles. The van der Waals surface area contributed by atoms with Crippen LogP contribution in [0.4, 0.5) is 5.95 Å². The number of aromatic nitrogens is 4. The molecule has 1 aliphatic rings. The first kappa shape index (κ1) is 13.4. The highest BCUT2D eigenvalue weighted by molar-refractivity contribution is 5.77. The van der Waals surface area contributed by atoms with Crippen LogP contribution in [-0.4, -0.2) is 45.3 Å². The minimum absolute atomic E-state index is 0.321. The van der Waals surface area contributed by atoms with E-state index in [1.807, 2.05) is 16.2 Å². The molecular weight excluding hydrogens is 258 g/mol. The third-order valence-electron chi connectivity index (χ3n) is 4.07. The second kappa shape index (κ2) is 4.75. The number of hydrogen-bond donors (Lipinski definition) is 1. The summed E-state index contributed by atoms with van der Waals surface area (Å²) in [6.45, 7) is 6.74. The Hall–Kier alpha value is -1.60. The fourth-order valence-corrected chi connectivity index (χ4v) is 2.84. The molecule has 0 amide bonds. The smallest absolute Gasteiger partial charge is 0.202 e. The van der Waals surface area contributed by atoms with E-state index in [1.165, 1.54) is 0 Å². The Morgan fingerprint density at radius 3 is 2.90 bits per heavy atom. The Morgan fingerprint density at radius 1 is 1.50 bits per heavy atom. The van der Waals surface area contributed by atoms with Crippen LogP contribution in [0.3, 0.4) is 0 Å². The summed E-state index contributed by atoms with van der Waals surface area (Å²) in [6.07, 6.45) is 0.863. The number of nitrogen functional groups attached to an aromatic ring is 1. The lowest BCUT2D eigenvalue weighted by Gasteiger charge is -2.26. The maximum absolute atomic E-state index is 6.10. The minimum Gasteiger partial charge on any atom is -0.378 e. The van der Waals surface area contributed by atoms with E-state index in [0.29, 0.717) is 19.1 Å². The van der Waals surface area contributed by atoms with Gasteiger partial charge in [-0.3, -0.25) is 4.57 Å². The van der Waals surface area contributed by atoms with Crippen LogP contribution in [0.5, 0.6) is 0 Å². The fraction of sp³-hybridized carbons (Fsp3) is 0.692. The number of nitrogens with zero attached hydrogens (tertiary/aromatic N) is 4. The molecular formula is C13H21N5O2. The summed E-state index contributed by atoms with van der Waals surface area (Å²) in [7, 11) is 1.72. The number of methoxy groups -OCH3 is 1. The number of nitrogens with two attached hydrogens (primary N) is 1. The van der Waals surface area contributed by atoms with Crippen molar-refractivity contribution in [2.24, 2.45) is 0 Å². The number of anilines is 1. The molecule has 1 saturated heterocycles. The van der Waals surface area contributed by atoms with Crippen molar-refractivity contribution in [3.63, 3.8) is 0 Å². The highest BCUT2D eigenvalue weighted by atomic mass is 16.5. The molecule has 7 heteroatoms. The van der Waals surface area contributed by atoms with Crippen LogP contribution in [0, 0.1) is 6.92 Å². The lowest BCUT2D eigenvalue weighted by atomic mass is 10.0. The van der Waals surface area contributed by atoms with Crippen LogP contribution in [0.15, 0.2) is 0 Å². The van der Waals surface area contributed by atoms with Crippen LogP contribution < -0.4 is 5.73 Å². The molecule has 20 heavy (non-hydrogen) atoms. The molecule has 1 unspecified atom stereocenters. The maximum atomic E-state index is 6.10. The third-order valence-corrected chi connectivity index (χ3v) is 4.07. The van der Waals surface area contributed by atoms with Crippen molar-refractivity contribution in [2.75, 3.05) is 26.1 Å². The van der Waals surface area contributed by atoms with Gasteiger partial charge < -0.3 is 15.2 Å². The molecule has 3 heterocycles. The summed E-state index contributed by atoms with van der Waals surface area (Å²) >= 11 is 0. The Labute approximate surface area is 117 Å². The van der Waals surface area contributed by atoms with Crippen molar-refractivity contribution < 1.29 is 9.47 Å². The summed E-state index contributed by atoms with van der Waals surface area (Å²) in [5.74, 6) is 0.506. The second-order valence-electron chi connectivity index (χ2n) is 5.32. The number of rotatable bonds is 4. The lowest BCUT2D eigenvalue weighted by Crippen LogP contribution is -2.37. The molecule has 2 N–H and O–H groups in total. The SMILES string of the molecule is CCn1nc(C)c2nc(N)n(CC3(OC)CCOC3)c21. The average molecular weight is 279 g/mol. The van der Waals surface area contributed by atoms with Gasteiger partial charge in [0, 0.05) is 26.7 Å². The molecule has 2 aromatic rings. The van der Waals surface area contributed by atoms with Crippen molar-refractivity contribution in [3.05, 3.63) is 5.69 Å². The Kier molecular flexibility index (Phi) is 3.18. The summed E-state index contributed by atoms with van der Waals surface area (Å²) in [5.41, 5.74) is 8.51. The van der Waals surface area contributed by atoms with Crippen molar-refractivity contribution in [1.82, 2.24) is 19.3 Å². The summed E-state index contributed by atoms with van der Waals surface area (Å²) in [6, 6.07) is 0. The van der Waals surface area contributed by atoms with E-state index in [4.69, 9.17) is 15.2 Å². The van der Waals surface area contributed by atoms with E-state index in [9.17, 15) is 0 Å². The number of hydrogen-bond acceptors (Lipinski definition) is 5. The van der Waals surface area contributed by atoms with Crippen LogP contribution in [0.1, 0.15) is 19.0 Å². The van der Waals surface area contributed by atoms with Gasteiger partial charge in [0.25, 0.3) is 0 Å². The molecule has 1 fully saturated rings. The molecule has 0 aromatic carbocycles. The molecule has 3 rings (SSSR count). The summed E-state index contributed by atoms with van der Waals surface area (Å²) in [5, 5.41) is 4.50. The highest BCUT2D eigenvalue weighted by Crippen LogP contribution is 2.29. The van der Waals surface area contributed by atoms with Crippen molar-refractivity contribution in [3.8, 4) is 0 Å². The van der Waals surface area contributed by atoms with E-state index in [1.54, 1.807) is 7.11 Å². The molecule has 7 nitrogen and oxygen atoms in total. The fourth-order valence-electron chi connectivity index (χ4n) is 2.84. The number of ether oxygens (including phenoxy) is 2. The first-order valence-electron chi connectivity index (χ1n) is 6.92. The third kappa shape index (κ3) is 1.89. The van der Waals surface area contributed by atoms with Gasteiger partial charge in [-0.25, -0.2) is 9.67 Å². The Morgan fingerprint density at radius 2 is 2.30 bits per heavy atom. The van der Waals surface area contributed by atoms with Crippen LogP contribution >= 0.6 is 0 Å². The first-order valence-corrected chi connectivity index (χ1v) is 6.92. The molecule has 0 spiro atoms. The van der Waals surface area contributed by atoms with Gasteiger partial charge in [-0.1, -0.05) is 0 Å². The second-order valence-corrected chi connectivity index (χ2v) is 5.32. The van der Waals surface area contributed by atoms with Crippen molar-refractivity contribution >= 4 is 17.1 Å². The average Bonchev–Trinajstić information content (AvgIpc) is 3.10. The molecule has 2 aromatic heterocycles. The van der Waals surface area contributed by atoms with Gasteiger partial charge >= 0.3 is 0 Å². The normalized spacial score (nSPS) is 22.9. The van der Waals surface area contributed by atoms with Crippen molar-refractivity contribution in [1.29, 1.82) is 0 Å². The van der Waals surface area contributed by atoms with Gasteiger partial charge in [-0.05, 0) is 13.8 Å². The zero-order valence-corrected chi connectivity index (χ0v) is 12.2. The number of fused-ring (bicyclic) bond motifs is 1. The van der Waals surface area contributed by atoms with Gasteiger partial charge in [-0.2, -0.15) is 5.10 Å². The highest BCUT2D eigenvalue weighted by Gasteiger charge is 2.37. The molecule has 0 bridgehead atoms. The van der Waals surface area contributed by atoms with Crippen molar-refractivity contribution in [2.45, 2.75) is 39.0 Å². The molecule has 0 saturated carbocycles. The molecule has 110 valence electrons. The lowest BCUT2D eigenvalue weighted by molar-refractivity contribution is -0.0285. The zero-order chi connectivity index (χ0) is 14.3.